The second kappa shape index (κ2) is 6.14. The van der Waals surface area contributed by atoms with Crippen LogP contribution in [0.4, 0.5) is 13.2 Å². The molecule has 1 aromatic carbocycles. The predicted molar refractivity (Wildman–Crippen MR) is 71.3 cm³/mol. The standard InChI is InChI=1S/C15H20F3NO/c1-11(2)14-10-19(7-8-20-14)9-12-5-3-4-6-13(12)15(16,17)18/h3-6,11,14H,7-10H2,1-2H3/t14-/m1/s1. The highest BCUT2D eigenvalue weighted by atomic mass is 19.4. The first-order valence-electron chi connectivity index (χ1n) is 6.87. The fourth-order valence-electron chi connectivity index (χ4n) is 2.45. The van der Waals surface area contributed by atoms with E-state index in [-0.39, 0.29) is 6.10 Å². The molecule has 1 fully saturated rings. The van der Waals surface area contributed by atoms with Gasteiger partial charge in [-0.1, -0.05) is 32.0 Å². The van der Waals surface area contributed by atoms with Crippen molar-refractivity contribution in [3.8, 4) is 0 Å². The fourth-order valence-corrected chi connectivity index (χ4v) is 2.45. The van der Waals surface area contributed by atoms with Gasteiger partial charge < -0.3 is 4.74 Å². The highest BCUT2D eigenvalue weighted by Gasteiger charge is 2.33. The van der Waals surface area contributed by atoms with Crippen LogP contribution < -0.4 is 0 Å². The molecule has 0 unspecified atom stereocenters. The number of alkyl halides is 3. The van der Waals surface area contributed by atoms with Gasteiger partial charge in [-0.25, -0.2) is 0 Å². The van der Waals surface area contributed by atoms with Crippen LogP contribution in [0.25, 0.3) is 0 Å². The molecule has 0 saturated carbocycles. The van der Waals surface area contributed by atoms with Gasteiger partial charge in [-0.15, -0.1) is 0 Å². The van der Waals surface area contributed by atoms with Crippen LogP contribution in [0.15, 0.2) is 24.3 Å². The van der Waals surface area contributed by atoms with Crippen molar-refractivity contribution in [2.45, 2.75) is 32.7 Å². The third-order valence-electron chi connectivity index (χ3n) is 3.64. The van der Waals surface area contributed by atoms with Gasteiger partial charge in [0, 0.05) is 19.6 Å². The van der Waals surface area contributed by atoms with Crippen molar-refractivity contribution >= 4 is 0 Å². The van der Waals surface area contributed by atoms with E-state index < -0.39 is 11.7 Å². The maximum atomic E-state index is 13.0. The number of hydrogen-bond acceptors (Lipinski definition) is 2. The molecule has 0 radical (unpaired) electrons. The molecule has 1 aromatic rings. The van der Waals surface area contributed by atoms with Crippen molar-refractivity contribution in [1.29, 1.82) is 0 Å². The molecular weight excluding hydrogens is 267 g/mol. The second-order valence-corrected chi connectivity index (χ2v) is 5.54. The Hall–Kier alpha value is -1.07. The molecule has 5 heteroatoms. The normalized spacial score (nSPS) is 21.4. The van der Waals surface area contributed by atoms with Gasteiger partial charge in [0.05, 0.1) is 18.3 Å². The summed E-state index contributed by atoms with van der Waals surface area (Å²) < 4.78 is 44.5. The predicted octanol–water partition coefficient (Wildman–Crippen LogP) is 3.56. The zero-order valence-electron chi connectivity index (χ0n) is 11.8. The van der Waals surface area contributed by atoms with E-state index >= 15 is 0 Å². The molecule has 112 valence electrons. The first-order chi connectivity index (χ1) is 9.38. The summed E-state index contributed by atoms with van der Waals surface area (Å²) >= 11 is 0. The first-order valence-corrected chi connectivity index (χ1v) is 6.87. The molecule has 0 aliphatic carbocycles. The van der Waals surface area contributed by atoms with Crippen molar-refractivity contribution in [2.24, 2.45) is 5.92 Å². The van der Waals surface area contributed by atoms with Crippen LogP contribution in [0.5, 0.6) is 0 Å². The average molecular weight is 287 g/mol. The van der Waals surface area contributed by atoms with Crippen molar-refractivity contribution in [1.82, 2.24) is 4.90 Å². The number of rotatable bonds is 3. The van der Waals surface area contributed by atoms with E-state index in [2.05, 4.69) is 13.8 Å². The van der Waals surface area contributed by atoms with Gasteiger partial charge >= 0.3 is 6.18 Å². The van der Waals surface area contributed by atoms with E-state index in [9.17, 15) is 13.2 Å². The zero-order chi connectivity index (χ0) is 14.8. The quantitative estimate of drug-likeness (QED) is 0.843. The lowest BCUT2D eigenvalue weighted by molar-refractivity contribution is -0.138. The van der Waals surface area contributed by atoms with E-state index in [1.165, 1.54) is 6.07 Å². The molecule has 1 aliphatic rings. The van der Waals surface area contributed by atoms with Gasteiger partial charge in [-0.3, -0.25) is 4.90 Å². The second-order valence-electron chi connectivity index (χ2n) is 5.54. The number of benzene rings is 1. The Morgan fingerprint density at radius 1 is 1.30 bits per heavy atom. The van der Waals surface area contributed by atoms with Gasteiger partial charge in [0.2, 0.25) is 0 Å². The first kappa shape index (κ1) is 15.3. The molecule has 2 rings (SSSR count). The Labute approximate surface area is 117 Å². The summed E-state index contributed by atoms with van der Waals surface area (Å²) in [5.74, 6) is 0.371. The Morgan fingerprint density at radius 3 is 2.65 bits per heavy atom. The highest BCUT2D eigenvalue weighted by Crippen LogP contribution is 2.32. The van der Waals surface area contributed by atoms with E-state index in [0.29, 0.717) is 37.7 Å². The minimum Gasteiger partial charge on any atom is -0.375 e. The van der Waals surface area contributed by atoms with Gasteiger partial charge in [0.25, 0.3) is 0 Å². The largest absolute Gasteiger partial charge is 0.416 e. The lowest BCUT2D eigenvalue weighted by atomic mass is 10.0. The molecule has 1 heterocycles. The van der Waals surface area contributed by atoms with Crippen molar-refractivity contribution < 1.29 is 17.9 Å². The van der Waals surface area contributed by atoms with Crippen LogP contribution in [0, 0.1) is 5.92 Å². The average Bonchev–Trinajstić information content (AvgIpc) is 2.38. The van der Waals surface area contributed by atoms with Crippen LogP contribution in [0.3, 0.4) is 0 Å². The molecule has 0 N–H and O–H groups in total. The summed E-state index contributed by atoms with van der Waals surface area (Å²) in [5.41, 5.74) is -0.197. The monoisotopic (exact) mass is 287 g/mol. The van der Waals surface area contributed by atoms with Gasteiger partial charge in [-0.2, -0.15) is 13.2 Å². The molecule has 0 aromatic heterocycles. The van der Waals surface area contributed by atoms with E-state index in [4.69, 9.17) is 4.74 Å². The smallest absolute Gasteiger partial charge is 0.375 e. The summed E-state index contributed by atoms with van der Waals surface area (Å²) in [6, 6.07) is 5.80. The maximum absolute atomic E-state index is 13.0. The SMILES string of the molecule is CC(C)[C@H]1CN(Cc2ccccc2C(F)(F)F)CCO1. The highest BCUT2D eigenvalue weighted by molar-refractivity contribution is 5.29. The van der Waals surface area contributed by atoms with Crippen LogP contribution in [-0.2, 0) is 17.5 Å². The third kappa shape index (κ3) is 3.73. The van der Waals surface area contributed by atoms with E-state index in [0.717, 1.165) is 6.07 Å². The molecule has 1 aliphatic heterocycles. The Balaban J connectivity index is 2.10. The molecule has 1 atom stereocenters. The summed E-state index contributed by atoms with van der Waals surface area (Å²) in [4.78, 5) is 2.04. The molecule has 1 saturated heterocycles. The Morgan fingerprint density at radius 2 is 2.00 bits per heavy atom. The number of ether oxygens (including phenoxy) is 1. The minimum atomic E-state index is -4.29. The van der Waals surface area contributed by atoms with E-state index in [1.54, 1.807) is 12.1 Å². The fraction of sp³-hybridized carbons (Fsp3) is 0.600. The summed E-state index contributed by atoms with van der Waals surface area (Å²) in [6.45, 7) is 6.40. The minimum absolute atomic E-state index is 0.0989. The van der Waals surface area contributed by atoms with Crippen LogP contribution in [0.2, 0.25) is 0 Å². The zero-order valence-corrected chi connectivity index (χ0v) is 11.8. The molecule has 20 heavy (non-hydrogen) atoms. The Kier molecular flexibility index (Phi) is 4.70. The number of nitrogens with zero attached hydrogens (tertiary/aromatic N) is 1. The third-order valence-corrected chi connectivity index (χ3v) is 3.64. The lowest BCUT2D eigenvalue weighted by Crippen LogP contribution is -2.44. The van der Waals surface area contributed by atoms with Crippen LogP contribution in [0.1, 0.15) is 25.0 Å². The molecule has 0 spiro atoms. The topological polar surface area (TPSA) is 12.5 Å². The summed E-state index contributed by atoms with van der Waals surface area (Å²) in [5, 5.41) is 0. The van der Waals surface area contributed by atoms with Crippen LogP contribution in [-0.4, -0.2) is 30.7 Å². The lowest BCUT2D eigenvalue weighted by Gasteiger charge is -2.35. The number of hydrogen-bond donors (Lipinski definition) is 0. The summed E-state index contributed by atoms with van der Waals surface area (Å²) in [7, 11) is 0. The molecule has 0 amide bonds. The van der Waals surface area contributed by atoms with Gasteiger partial charge in [-0.05, 0) is 17.5 Å². The van der Waals surface area contributed by atoms with Gasteiger partial charge in [0.15, 0.2) is 0 Å². The summed E-state index contributed by atoms with van der Waals surface area (Å²) in [6.07, 6.45) is -4.19. The van der Waals surface area contributed by atoms with Gasteiger partial charge in [0.1, 0.15) is 0 Å². The van der Waals surface area contributed by atoms with Crippen LogP contribution >= 0.6 is 0 Å². The van der Waals surface area contributed by atoms with Crippen molar-refractivity contribution in [3.63, 3.8) is 0 Å². The van der Waals surface area contributed by atoms with Crippen molar-refractivity contribution in [3.05, 3.63) is 35.4 Å². The maximum Gasteiger partial charge on any atom is 0.416 e. The molecule has 0 bridgehead atoms. The molecule has 2 nitrogen and oxygen atoms in total. The number of morpholine rings is 1. The van der Waals surface area contributed by atoms with Crippen molar-refractivity contribution in [2.75, 3.05) is 19.7 Å². The molecular formula is C15H20F3NO. The van der Waals surface area contributed by atoms with E-state index in [1.807, 2.05) is 4.90 Å². The number of halogens is 3. The Bertz CT molecular complexity index is 445.